The maximum Gasteiger partial charge on any atom is 0.459 e. The lowest BCUT2D eigenvalue weighted by molar-refractivity contribution is -0.144. The van der Waals surface area contributed by atoms with Crippen molar-refractivity contribution in [1.29, 1.82) is 0 Å². The number of rotatable bonds is 11. The van der Waals surface area contributed by atoms with E-state index in [0.717, 1.165) is 0 Å². The van der Waals surface area contributed by atoms with Gasteiger partial charge in [0, 0.05) is 6.42 Å². The number of esters is 1. The number of aliphatic hydroxyl groups excluding tert-OH is 1. The fourth-order valence-electron chi connectivity index (χ4n) is 3.55. The zero-order valence-electron chi connectivity index (χ0n) is 19.5. The van der Waals surface area contributed by atoms with Crippen molar-refractivity contribution in [2.75, 3.05) is 18.9 Å². The van der Waals surface area contributed by atoms with Gasteiger partial charge < -0.3 is 24.8 Å². The molecule has 0 spiro atoms. The normalized spacial score (nSPS) is 22.1. The van der Waals surface area contributed by atoms with Gasteiger partial charge >= 0.3 is 13.7 Å². The second-order valence-corrected chi connectivity index (χ2v) is 9.68. The molecule has 36 heavy (non-hydrogen) atoms. The second kappa shape index (κ2) is 11.1. The van der Waals surface area contributed by atoms with Gasteiger partial charge in [-0.25, -0.2) is 19.5 Å². The number of fused-ring (bicyclic) bond motifs is 1. The smallest absolute Gasteiger partial charge is 0.459 e. The summed E-state index contributed by atoms with van der Waals surface area (Å²) in [5.41, 5.74) is 6.71. The number of hydrogen-bond acceptors (Lipinski definition) is 11. The van der Waals surface area contributed by atoms with E-state index in [1.165, 1.54) is 25.7 Å². The molecule has 14 heteroatoms. The van der Waals surface area contributed by atoms with E-state index in [2.05, 4.69) is 26.6 Å². The highest BCUT2D eigenvalue weighted by atomic mass is 31.2. The van der Waals surface area contributed by atoms with Gasteiger partial charge in [-0.3, -0.25) is 13.9 Å². The van der Waals surface area contributed by atoms with Crippen molar-refractivity contribution in [2.24, 2.45) is 0 Å². The summed E-state index contributed by atoms with van der Waals surface area (Å²) in [5.74, 6) is -0.184. The first-order chi connectivity index (χ1) is 17.3. The lowest BCUT2D eigenvalue weighted by atomic mass is 10.2. The number of nitrogens with zero attached hydrogens (tertiary/aromatic N) is 4. The van der Waals surface area contributed by atoms with Crippen LogP contribution >= 0.6 is 7.75 Å². The van der Waals surface area contributed by atoms with Crippen molar-refractivity contribution < 1.29 is 33.0 Å². The third-order valence-electron chi connectivity index (χ3n) is 5.33. The van der Waals surface area contributed by atoms with Gasteiger partial charge in [0.15, 0.2) is 11.5 Å². The molecular formula is C22H27N6O7P. The second-order valence-electron chi connectivity index (χ2n) is 7.98. The Kier molecular flexibility index (Phi) is 7.97. The Balaban J connectivity index is 1.46. The van der Waals surface area contributed by atoms with Gasteiger partial charge in [0.2, 0.25) is 0 Å². The minimum absolute atomic E-state index is 0.00144. The number of ether oxygens (including phenoxy) is 2. The van der Waals surface area contributed by atoms with E-state index in [1.54, 1.807) is 34.9 Å². The summed E-state index contributed by atoms with van der Waals surface area (Å²) in [6.07, 6.45) is 1.99. The molecule has 5 atom stereocenters. The lowest BCUT2D eigenvalue weighted by Crippen LogP contribution is -2.36. The minimum Gasteiger partial charge on any atom is -0.460 e. The van der Waals surface area contributed by atoms with E-state index in [4.69, 9.17) is 24.3 Å². The Hall–Kier alpha value is -3.35. The molecule has 0 amide bonds. The maximum atomic E-state index is 13.6. The number of anilines is 1. The van der Waals surface area contributed by atoms with Crippen molar-refractivity contribution in [1.82, 2.24) is 24.6 Å². The van der Waals surface area contributed by atoms with E-state index in [-0.39, 0.29) is 31.2 Å². The Morgan fingerprint density at radius 3 is 2.92 bits per heavy atom. The molecule has 3 heterocycles. The van der Waals surface area contributed by atoms with E-state index in [1.807, 2.05) is 0 Å². The summed E-state index contributed by atoms with van der Waals surface area (Å²) < 4.78 is 37.4. The van der Waals surface area contributed by atoms with Crippen LogP contribution in [0.25, 0.3) is 11.2 Å². The molecular weight excluding hydrogens is 491 g/mol. The standard InChI is InChI=1S/C22H27N6O7P/c1-3-9-32-22(30)14(2)27-36(31,35-15-7-5-4-6-8-15)33-11-17-16(29)10-18(34-17)28-13-26-19-20(23)24-12-25-21(19)28/h3-8,12-14,16-18,29H,1,9-11H2,2H3,(H,27,31)(H2,23,24,25)/t14-,16+,17-,18-,36?/m0/s1. The molecule has 1 fully saturated rings. The molecule has 192 valence electrons. The zero-order valence-corrected chi connectivity index (χ0v) is 20.4. The van der Waals surface area contributed by atoms with Gasteiger partial charge in [-0.05, 0) is 19.1 Å². The Morgan fingerprint density at radius 1 is 1.39 bits per heavy atom. The van der Waals surface area contributed by atoms with Crippen LogP contribution in [-0.2, 0) is 23.4 Å². The van der Waals surface area contributed by atoms with Crippen molar-refractivity contribution in [3.8, 4) is 5.75 Å². The van der Waals surface area contributed by atoms with Crippen molar-refractivity contribution in [2.45, 2.75) is 37.8 Å². The van der Waals surface area contributed by atoms with Crippen LogP contribution in [0.2, 0.25) is 0 Å². The summed E-state index contributed by atoms with van der Waals surface area (Å²) in [4.78, 5) is 24.5. The molecule has 0 saturated carbocycles. The fraction of sp³-hybridized carbons (Fsp3) is 0.364. The van der Waals surface area contributed by atoms with E-state index in [9.17, 15) is 14.5 Å². The molecule has 1 aliphatic rings. The van der Waals surface area contributed by atoms with Crippen LogP contribution in [0.5, 0.6) is 5.75 Å². The summed E-state index contributed by atoms with van der Waals surface area (Å²) >= 11 is 0. The number of nitrogens with one attached hydrogen (secondary N) is 1. The number of aliphatic hydroxyl groups is 1. The summed E-state index contributed by atoms with van der Waals surface area (Å²) in [6, 6.07) is 7.32. The van der Waals surface area contributed by atoms with Gasteiger partial charge in [-0.15, -0.1) is 0 Å². The lowest BCUT2D eigenvalue weighted by Gasteiger charge is -2.24. The van der Waals surface area contributed by atoms with E-state index < -0.39 is 38.2 Å². The molecule has 13 nitrogen and oxygen atoms in total. The highest BCUT2D eigenvalue weighted by Gasteiger charge is 2.39. The SMILES string of the molecule is C=CCOC(=O)[C@H](C)NP(=O)(OC[C@@H]1O[C@H](n2cnc3c(N)ncnc32)C[C@H]1O)Oc1ccccc1. The fourth-order valence-corrected chi connectivity index (χ4v) is 5.06. The third kappa shape index (κ3) is 5.89. The number of nitrogen functional groups attached to an aromatic ring is 1. The first-order valence-electron chi connectivity index (χ1n) is 11.1. The van der Waals surface area contributed by atoms with Crippen molar-refractivity contribution >= 4 is 30.7 Å². The molecule has 1 aromatic carbocycles. The molecule has 1 aliphatic heterocycles. The Labute approximate surface area is 206 Å². The summed E-state index contributed by atoms with van der Waals surface area (Å²) in [6.45, 7) is 4.65. The highest BCUT2D eigenvalue weighted by Crippen LogP contribution is 2.46. The Morgan fingerprint density at radius 2 is 2.17 bits per heavy atom. The predicted octanol–water partition coefficient (Wildman–Crippen LogP) is 1.97. The molecule has 0 bridgehead atoms. The van der Waals surface area contributed by atoms with Crippen LogP contribution in [-0.4, -0.2) is 62.1 Å². The van der Waals surface area contributed by atoms with Crippen LogP contribution in [0.15, 0.2) is 55.6 Å². The maximum absolute atomic E-state index is 13.6. The number of carbonyl (C=O) groups excluding carboxylic acids is 1. The van der Waals surface area contributed by atoms with Crippen molar-refractivity contribution in [3.63, 3.8) is 0 Å². The number of benzene rings is 1. The first kappa shape index (κ1) is 25.7. The summed E-state index contributed by atoms with van der Waals surface area (Å²) in [5, 5.41) is 13.2. The topological polar surface area (TPSA) is 173 Å². The van der Waals surface area contributed by atoms with Gasteiger partial charge in [0.1, 0.15) is 42.6 Å². The average Bonchev–Trinajstić information content (AvgIpc) is 3.46. The van der Waals surface area contributed by atoms with Gasteiger partial charge in [-0.2, -0.15) is 5.09 Å². The third-order valence-corrected chi connectivity index (χ3v) is 6.97. The van der Waals surface area contributed by atoms with Crippen LogP contribution in [0.3, 0.4) is 0 Å². The number of para-hydroxylation sites is 1. The van der Waals surface area contributed by atoms with E-state index in [0.29, 0.717) is 11.2 Å². The predicted molar refractivity (Wildman–Crippen MR) is 129 cm³/mol. The molecule has 0 radical (unpaired) electrons. The quantitative estimate of drug-likeness (QED) is 0.192. The number of hydrogen-bond donors (Lipinski definition) is 3. The largest absolute Gasteiger partial charge is 0.460 e. The number of nitrogens with two attached hydrogens (primary N) is 1. The molecule has 4 rings (SSSR count). The van der Waals surface area contributed by atoms with Crippen LogP contribution < -0.4 is 15.3 Å². The van der Waals surface area contributed by atoms with Crippen LogP contribution in [0, 0.1) is 0 Å². The molecule has 4 N–H and O–H groups in total. The molecule has 0 aliphatic carbocycles. The molecule has 3 aromatic rings. The monoisotopic (exact) mass is 518 g/mol. The number of imidazole rings is 1. The van der Waals surface area contributed by atoms with Crippen LogP contribution in [0.4, 0.5) is 5.82 Å². The molecule has 1 saturated heterocycles. The van der Waals surface area contributed by atoms with Gasteiger partial charge in [-0.1, -0.05) is 30.9 Å². The highest BCUT2D eigenvalue weighted by molar-refractivity contribution is 7.52. The van der Waals surface area contributed by atoms with Gasteiger partial charge in [0.05, 0.1) is 19.0 Å². The molecule has 1 unspecified atom stereocenters. The minimum atomic E-state index is -4.11. The number of carbonyl (C=O) groups is 1. The van der Waals surface area contributed by atoms with Crippen molar-refractivity contribution in [3.05, 3.63) is 55.6 Å². The van der Waals surface area contributed by atoms with Crippen LogP contribution in [0.1, 0.15) is 19.6 Å². The van der Waals surface area contributed by atoms with E-state index >= 15 is 0 Å². The van der Waals surface area contributed by atoms with Gasteiger partial charge in [0.25, 0.3) is 0 Å². The zero-order chi connectivity index (χ0) is 25.7. The first-order valence-corrected chi connectivity index (χ1v) is 12.6. The Bertz CT molecular complexity index is 1260. The summed E-state index contributed by atoms with van der Waals surface area (Å²) in [7, 11) is -4.11. The number of aromatic nitrogens is 4. The molecule has 2 aromatic heterocycles. The average molecular weight is 518 g/mol.